The van der Waals surface area contributed by atoms with Crippen molar-refractivity contribution in [2.24, 2.45) is 11.7 Å². The van der Waals surface area contributed by atoms with Gasteiger partial charge in [-0.3, -0.25) is 14.4 Å². The van der Waals surface area contributed by atoms with E-state index < -0.39 is 17.9 Å². The summed E-state index contributed by atoms with van der Waals surface area (Å²) in [6.07, 6.45) is 0.708. The standard InChI is InChI=1S/C21H25N3O3/c1-4-13(2)18(19(22)25)24-21(27)16-11-10-14(3)17(12-16)23-20(26)15-8-6-5-7-9-15/h5-13,18H,4H2,1-3H3,(H2,22,25)(H,23,26)(H,24,27). The lowest BCUT2D eigenvalue weighted by Gasteiger charge is -2.21. The summed E-state index contributed by atoms with van der Waals surface area (Å²) in [7, 11) is 0. The Morgan fingerprint density at radius 3 is 2.26 bits per heavy atom. The second-order valence-corrected chi connectivity index (χ2v) is 6.59. The van der Waals surface area contributed by atoms with Crippen LogP contribution < -0.4 is 16.4 Å². The number of benzene rings is 2. The number of rotatable bonds is 7. The number of anilines is 1. The fraction of sp³-hybridized carbons (Fsp3) is 0.286. The predicted molar refractivity (Wildman–Crippen MR) is 105 cm³/mol. The molecule has 4 N–H and O–H groups in total. The molecule has 0 aliphatic carbocycles. The molecule has 0 aliphatic rings. The SMILES string of the molecule is CCC(C)C(NC(=O)c1ccc(C)c(NC(=O)c2ccccc2)c1)C(N)=O. The summed E-state index contributed by atoms with van der Waals surface area (Å²) >= 11 is 0. The van der Waals surface area contributed by atoms with Gasteiger partial charge >= 0.3 is 0 Å². The van der Waals surface area contributed by atoms with Crippen molar-refractivity contribution in [1.29, 1.82) is 0 Å². The Bertz CT molecular complexity index is 834. The van der Waals surface area contributed by atoms with Gasteiger partial charge in [-0.05, 0) is 42.7 Å². The van der Waals surface area contributed by atoms with Crippen molar-refractivity contribution >= 4 is 23.4 Å². The minimum Gasteiger partial charge on any atom is -0.368 e. The first-order valence-corrected chi connectivity index (χ1v) is 8.90. The number of carbonyl (C=O) groups is 3. The minimum absolute atomic E-state index is 0.0749. The van der Waals surface area contributed by atoms with E-state index in [2.05, 4.69) is 10.6 Å². The molecule has 0 fully saturated rings. The maximum absolute atomic E-state index is 12.6. The Labute approximate surface area is 159 Å². The van der Waals surface area contributed by atoms with Crippen molar-refractivity contribution in [2.45, 2.75) is 33.2 Å². The number of nitrogens with two attached hydrogens (primary N) is 1. The smallest absolute Gasteiger partial charge is 0.255 e. The lowest BCUT2D eigenvalue weighted by molar-refractivity contribution is -0.120. The molecule has 0 aromatic heterocycles. The third-order valence-electron chi connectivity index (χ3n) is 4.59. The first kappa shape index (κ1) is 20.2. The molecule has 0 saturated carbocycles. The Morgan fingerprint density at radius 1 is 1.00 bits per heavy atom. The molecule has 3 amide bonds. The summed E-state index contributed by atoms with van der Waals surface area (Å²) in [5, 5.41) is 5.51. The predicted octanol–water partition coefficient (Wildman–Crippen LogP) is 2.88. The van der Waals surface area contributed by atoms with Crippen molar-refractivity contribution < 1.29 is 14.4 Å². The number of carbonyl (C=O) groups excluding carboxylic acids is 3. The molecule has 0 bridgehead atoms. The first-order chi connectivity index (χ1) is 12.8. The fourth-order valence-electron chi connectivity index (χ4n) is 2.64. The molecule has 2 unspecified atom stereocenters. The van der Waals surface area contributed by atoms with Gasteiger partial charge in [0, 0.05) is 16.8 Å². The molecule has 2 rings (SSSR count). The molecular weight excluding hydrogens is 342 g/mol. The zero-order valence-electron chi connectivity index (χ0n) is 15.8. The number of hydrogen-bond donors (Lipinski definition) is 3. The second-order valence-electron chi connectivity index (χ2n) is 6.59. The van der Waals surface area contributed by atoms with Crippen molar-refractivity contribution in [3.05, 3.63) is 65.2 Å². The van der Waals surface area contributed by atoms with E-state index in [0.717, 1.165) is 5.56 Å². The van der Waals surface area contributed by atoms with Gasteiger partial charge in [-0.25, -0.2) is 0 Å². The number of primary amides is 1. The van der Waals surface area contributed by atoms with Gasteiger partial charge in [0.05, 0.1) is 0 Å². The first-order valence-electron chi connectivity index (χ1n) is 8.90. The van der Waals surface area contributed by atoms with Crippen molar-refractivity contribution in [3.63, 3.8) is 0 Å². The molecule has 0 heterocycles. The van der Waals surface area contributed by atoms with E-state index in [9.17, 15) is 14.4 Å². The number of nitrogens with one attached hydrogen (secondary N) is 2. The van der Waals surface area contributed by atoms with Gasteiger partial charge in [-0.15, -0.1) is 0 Å². The van der Waals surface area contributed by atoms with Crippen LogP contribution in [0.4, 0.5) is 5.69 Å². The molecule has 6 nitrogen and oxygen atoms in total. The monoisotopic (exact) mass is 367 g/mol. The number of aryl methyl sites for hydroxylation is 1. The molecule has 2 atom stereocenters. The highest BCUT2D eigenvalue weighted by molar-refractivity contribution is 6.05. The van der Waals surface area contributed by atoms with Crippen LogP contribution in [0.5, 0.6) is 0 Å². The van der Waals surface area contributed by atoms with Crippen LogP contribution in [0.3, 0.4) is 0 Å². The van der Waals surface area contributed by atoms with Gasteiger partial charge in [0.15, 0.2) is 0 Å². The molecule has 0 radical (unpaired) electrons. The van der Waals surface area contributed by atoms with Crippen LogP contribution in [0, 0.1) is 12.8 Å². The van der Waals surface area contributed by atoms with Crippen LogP contribution in [0.1, 0.15) is 46.5 Å². The van der Waals surface area contributed by atoms with E-state index in [-0.39, 0.29) is 11.8 Å². The van der Waals surface area contributed by atoms with Crippen LogP contribution in [-0.4, -0.2) is 23.8 Å². The lowest BCUT2D eigenvalue weighted by atomic mass is 9.98. The molecule has 0 saturated heterocycles. The van der Waals surface area contributed by atoms with Gasteiger partial charge in [-0.2, -0.15) is 0 Å². The topological polar surface area (TPSA) is 101 Å². The normalized spacial score (nSPS) is 12.7. The zero-order chi connectivity index (χ0) is 20.0. The van der Waals surface area contributed by atoms with Crippen LogP contribution in [0.25, 0.3) is 0 Å². The summed E-state index contributed by atoms with van der Waals surface area (Å²) in [6.45, 7) is 5.62. The molecule has 2 aromatic carbocycles. The second kappa shape index (κ2) is 8.98. The van der Waals surface area contributed by atoms with E-state index in [1.165, 1.54) is 0 Å². The minimum atomic E-state index is -0.744. The Morgan fingerprint density at radius 2 is 1.67 bits per heavy atom. The van der Waals surface area contributed by atoms with Gasteiger partial charge in [0.1, 0.15) is 6.04 Å². The maximum atomic E-state index is 12.6. The van der Waals surface area contributed by atoms with Crippen LogP contribution in [0.15, 0.2) is 48.5 Å². The van der Waals surface area contributed by atoms with Crippen molar-refractivity contribution in [3.8, 4) is 0 Å². The van der Waals surface area contributed by atoms with E-state index in [1.54, 1.807) is 42.5 Å². The molecule has 2 aromatic rings. The van der Waals surface area contributed by atoms with Crippen molar-refractivity contribution in [2.75, 3.05) is 5.32 Å². The molecule has 0 aliphatic heterocycles. The summed E-state index contributed by atoms with van der Waals surface area (Å²) in [5.74, 6) is -1.31. The lowest BCUT2D eigenvalue weighted by Crippen LogP contribution is -2.48. The number of amides is 3. The average Bonchev–Trinajstić information content (AvgIpc) is 2.67. The largest absolute Gasteiger partial charge is 0.368 e. The fourth-order valence-corrected chi connectivity index (χ4v) is 2.64. The van der Waals surface area contributed by atoms with E-state index in [4.69, 9.17) is 5.73 Å². The third kappa shape index (κ3) is 5.17. The van der Waals surface area contributed by atoms with E-state index in [0.29, 0.717) is 23.2 Å². The summed E-state index contributed by atoms with van der Waals surface area (Å²) in [5.41, 5.74) is 7.65. The maximum Gasteiger partial charge on any atom is 0.255 e. The molecular formula is C21H25N3O3. The van der Waals surface area contributed by atoms with Crippen LogP contribution >= 0.6 is 0 Å². The molecule has 142 valence electrons. The highest BCUT2D eigenvalue weighted by atomic mass is 16.2. The zero-order valence-corrected chi connectivity index (χ0v) is 15.8. The summed E-state index contributed by atoms with van der Waals surface area (Å²) in [4.78, 5) is 36.6. The van der Waals surface area contributed by atoms with Gasteiger partial charge in [0.25, 0.3) is 11.8 Å². The Hall–Kier alpha value is -3.15. The van der Waals surface area contributed by atoms with Gasteiger partial charge in [-0.1, -0.05) is 44.5 Å². The van der Waals surface area contributed by atoms with Crippen molar-refractivity contribution in [1.82, 2.24) is 5.32 Å². The van der Waals surface area contributed by atoms with E-state index >= 15 is 0 Å². The molecule has 6 heteroatoms. The van der Waals surface area contributed by atoms with Crippen LogP contribution in [0.2, 0.25) is 0 Å². The number of hydrogen-bond acceptors (Lipinski definition) is 3. The van der Waals surface area contributed by atoms with Gasteiger partial charge < -0.3 is 16.4 Å². The summed E-state index contributed by atoms with van der Waals surface area (Å²) in [6, 6.07) is 13.1. The summed E-state index contributed by atoms with van der Waals surface area (Å²) < 4.78 is 0. The highest BCUT2D eigenvalue weighted by Crippen LogP contribution is 2.19. The Balaban J connectivity index is 2.19. The van der Waals surface area contributed by atoms with Crippen LogP contribution in [-0.2, 0) is 4.79 Å². The van der Waals surface area contributed by atoms with E-state index in [1.807, 2.05) is 26.8 Å². The van der Waals surface area contributed by atoms with Gasteiger partial charge in [0.2, 0.25) is 5.91 Å². The highest BCUT2D eigenvalue weighted by Gasteiger charge is 2.24. The Kier molecular flexibility index (Phi) is 6.71. The third-order valence-corrected chi connectivity index (χ3v) is 4.59. The molecule has 0 spiro atoms. The quantitative estimate of drug-likeness (QED) is 0.701. The molecule has 27 heavy (non-hydrogen) atoms. The average molecular weight is 367 g/mol.